The summed E-state index contributed by atoms with van der Waals surface area (Å²) in [7, 11) is 0. The number of nitrogens with one attached hydrogen (secondary N) is 2. The molecule has 0 aromatic rings. The number of nitrogens with zero attached hydrogens (tertiary/aromatic N) is 1. The van der Waals surface area contributed by atoms with Gasteiger partial charge in [0.1, 0.15) is 6.04 Å². The van der Waals surface area contributed by atoms with Crippen LogP contribution < -0.4 is 10.6 Å². The lowest BCUT2D eigenvalue weighted by Crippen LogP contribution is -2.41. The van der Waals surface area contributed by atoms with E-state index in [0.29, 0.717) is 32.5 Å². The minimum absolute atomic E-state index is 0.00422. The maximum Gasteiger partial charge on any atom is 0.326 e. The number of carbonyl (C=O) groups is 4. The van der Waals surface area contributed by atoms with Crippen LogP contribution in [0.15, 0.2) is 0 Å². The van der Waals surface area contributed by atoms with E-state index in [0.717, 1.165) is 0 Å². The number of likely N-dealkylation sites (tertiary alicyclic amines) is 1. The average Bonchev–Trinajstić information content (AvgIpc) is 2.90. The Labute approximate surface area is 122 Å². The average molecular weight is 299 g/mol. The summed E-state index contributed by atoms with van der Waals surface area (Å²) < 4.78 is 0. The Morgan fingerprint density at radius 1 is 1.14 bits per heavy atom. The van der Waals surface area contributed by atoms with Gasteiger partial charge in [0.05, 0.1) is 0 Å². The lowest BCUT2D eigenvalue weighted by molar-refractivity contribution is -0.148. The Bertz CT molecular complexity index is 424. The second kappa shape index (κ2) is 8.23. The third-order valence-corrected chi connectivity index (χ3v) is 3.25. The topological polar surface area (TPSA) is 116 Å². The van der Waals surface area contributed by atoms with Gasteiger partial charge in [-0.2, -0.15) is 0 Å². The van der Waals surface area contributed by atoms with Crippen LogP contribution >= 0.6 is 0 Å². The molecule has 1 fully saturated rings. The first kappa shape index (κ1) is 16.9. The highest BCUT2D eigenvalue weighted by molar-refractivity contribution is 5.87. The van der Waals surface area contributed by atoms with Gasteiger partial charge in [0.15, 0.2) is 0 Å². The van der Waals surface area contributed by atoms with E-state index in [1.807, 2.05) is 0 Å². The van der Waals surface area contributed by atoms with E-state index in [9.17, 15) is 19.2 Å². The number of rotatable bonds is 7. The maximum atomic E-state index is 11.9. The SMILES string of the molecule is CC(=O)NCCNC(=O)CCC(=O)N1CCC[C@@H]1C(=O)O. The summed E-state index contributed by atoms with van der Waals surface area (Å²) in [4.78, 5) is 46.3. The molecule has 3 N–H and O–H groups in total. The van der Waals surface area contributed by atoms with Gasteiger partial charge in [-0.25, -0.2) is 4.79 Å². The van der Waals surface area contributed by atoms with Gasteiger partial charge < -0.3 is 20.6 Å². The Morgan fingerprint density at radius 3 is 2.43 bits per heavy atom. The van der Waals surface area contributed by atoms with Gasteiger partial charge in [-0.15, -0.1) is 0 Å². The fourth-order valence-electron chi connectivity index (χ4n) is 2.21. The highest BCUT2D eigenvalue weighted by Gasteiger charge is 2.33. The molecule has 1 aliphatic heterocycles. The lowest BCUT2D eigenvalue weighted by Gasteiger charge is -2.21. The molecule has 1 saturated heterocycles. The van der Waals surface area contributed by atoms with Gasteiger partial charge in [-0.3, -0.25) is 14.4 Å². The van der Waals surface area contributed by atoms with Crippen molar-refractivity contribution in [2.45, 2.75) is 38.6 Å². The summed E-state index contributed by atoms with van der Waals surface area (Å²) in [5.41, 5.74) is 0. The zero-order chi connectivity index (χ0) is 15.8. The molecule has 1 rings (SSSR count). The monoisotopic (exact) mass is 299 g/mol. The van der Waals surface area contributed by atoms with Crippen LogP contribution in [-0.4, -0.2) is 59.4 Å². The molecular formula is C13H21N3O5. The van der Waals surface area contributed by atoms with Crippen LogP contribution in [0.2, 0.25) is 0 Å². The molecule has 8 nitrogen and oxygen atoms in total. The van der Waals surface area contributed by atoms with Crippen molar-refractivity contribution >= 4 is 23.7 Å². The summed E-state index contributed by atoms with van der Waals surface area (Å²) >= 11 is 0. The van der Waals surface area contributed by atoms with Crippen molar-refractivity contribution in [2.24, 2.45) is 0 Å². The molecule has 0 bridgehead atoms. The first-order valence-electron chi connectivity index (χ1n) is 6.95. The number of carboxylic acid groups (broad SMARTS) is 1. The van der Waals surface area contributed by atoms with Gasteiger partial charge in [0.25, 0.3) is 0 Å². The molecule has 1 heterocycles. The Hall–Kier alpha value is -2.12. The molecule has 8 heteroatoms. The molecule has 0 aromatic heterocycles. The Kier molecular flexibility index (Phi) is 6.64. The molecular weight excluding hydrogens is 278 g/mol. The fraction of sp³-hybridized carbons (Fsp3) is 0.692. The van der Waals surface area contributed by atoms with Crippen molar-refractivity contribution in [1.29, 1.82) is 0 Å². The van der Waals surface area contributed by atoms with Crippen LogP contribution in [0.5, 0.6) is 0 Å². The van der Waals surface area contributed by atoms with Crippen LogP contribution in [0.4, 0.5) is 0 Å². The van der Waals surface area contributed by atoms with E-state index >= 15 is 0 Å². The first-order valence-corrected chi connectivity index (χ1v) is 6.95. The Morgan fingerprint density at radius 2 is 1.81 bits per heavy atom. The van der Waals surface area contributed by atoms with Crippen LogP contribution in [-0.2, 0) is 19.2 Å². The summed E-state index contributed by atoms with van der Waals surface area (Å²) in [6, 6.07) is -0.764. The zero-order valence-electron chi connectivity index (χ0n) is 12.1. The zero-order valence-corrected chi connectivity index (χ0v) is 12.1. The standard InChI is InChI=1S/C13H21N3O5/c1-9(17)14-6-7-15-11(18)4-5-12(19)16-8-2-3-10(16)13(20)21/h10H,2-8H2,1H3,(H,14,17)(H,15,18)(H,20,21)/t10-/m1/s1. The number of hydrogen-bond donors (Lipinski definition) is 3. The van der Waals surface area contributed by atoms with Crippen molar-refractivity contribution in [3.05, 3.63) is 0 Å². The van der Waals surface area contributed by atoms with Crippen LogP contribution in [0, 0.1) is 0 Å². The highest BCUT2D eigenvalue weighted by Crippen LogP contribution is 2.18. The van der Waals surface area contributed by atoms with Crippen molar-refractivity contribution in [2.75, 3.05) is 19.6 Å². The molecule has 0 spiro atoms. The predicted molar refractivity (Wildman–Crippen MR) is 73.3 cm³/mol. The molecule has 1 atom stereocenters. The van der Waals surface area contributed by atoms with Crippen molar-refractivity contribution < 1.29 is 24.3 Å². The normalized spacial score (nSPS) is 17.4. The van der Waals surface area contributed by atoms with Gasteiger partial charge in [0, 0.05) is 39.4 Å². The molecule has 0 saturated carbocycles. The van der Waals surface area contributed by atoms with E-state index in [4.69, 9.17) is 5.11 Å². The van der Waals surface area contributed by atoms with E-state index < -0.39 is 12.0 Å². The fourth-order valence-corrected chi connectivity index (χ4v) is 2.21. The smallest absolute Gasteiger partial charge is 0.326 e. The second-order valence-corrected chi connectivity index (χ2v) is 4.92. The molecule has 3 amide bonds. The minimum Gasteiger partial charge on any atom is -0.480 e. The minimum atomic E-state index is -0.999. The van der Waals surface area contributed by atoms with Gasteiger partial charge >= 0.3 is 5.97 Å². The van der Waals surface area contributed by atoms with Crippen molar-refractivity contribution in [1.82, 2.24) is 15.5 Å². The van der Waals surface area contributed by atoms with E-state index in [2.05, 4.69) is 10.6 Å². The number of carboxylic acids is 1. The van der Waals surface area contributed by atoms with Crippen LogP contribution in [0.3, 0.4) is 0 Å². The van der Waals surface area contributed by atoms with E-state index in [-0.39, 0.29) is 30.6 Å². The first-order chi connectivity index (χ1) is 9.91. The summed E-state index contributed by atoms with van der Waals surface area (Å²) in [6.07, 6.45) is 1.15. The van der Waals surface area contributed by atoms with Crippen molar-refractivity contribution in [3.8, 4) is 0 Å². The number of aliphatic carboxylic acids is 1. The number of hydrogen-bond acceptors (Lipinski definition) is 4. The highest BCUT2D eigenvalue weighted by atomic mass is 16.4. The molecule has 0 unspecified atom stereocenters. The van der Waals surface area contributed by atoms with Crippen LogP contribution in [0.25, 0.3) is 0 Å². The Balaban J connectivity index is 2.24. The summed E-state index contributed by atoms with van der Waals surface area (Å²) in [5, 5.41) is 14.1. The van der Waals surface area contributed by atoms with E-state index in [1.54, 1.807) is 0 Å². The lowest BCUT2D eigenvalue weighted by atomic mass is 10.2. The van der Waals surface area contributed by atoms with Gasteiger partial charge in [-0.1, -0.05) is 0 Å². The number of carbonyl (C=O) groups excluding carboxylic acids is 3. The molecule has 0 aromatic carbocycles. The second-order valence-electron chi connectivity index (χ2n) is 4.92. The quantitative estimate of drug-likeness (QED) is 0.527. The van der Waals surface area contributed by atoms with Crippen molar-refractivity contribution in [3.63, 3.8) is 0 Å². The largest absolute Gasteiger partial charge is 0.480 e. The third kappa shape index (κ3) is 5.80. The van der Waals surface area contributed by atoms with Gasteiger partial charge in [-0.05, 0) is 12.8 Å². The van der Waals surface area contributed by atoms with E-state index in [1.165, 1.54) is 11.8 Å². The molecule has 1 aliphatic rings. The third-order valence-electron chi connectivity index (χ3n) is 3.25. The van der Waals surface area contributed by atoms with Gasteiger partial charge in [0.2, 0.25) is 17.7 Å². The van der Waals surface area contributed by atoms with Crippen LogP contribution in [0.1, 0.15) is 32.6 Å². The molecule has 21 heavy (non-hydrogen) atoms. The number of amides is 3. The summed E-state index contributed by atoms with van der Waals surface area (Å²) in [5.74, 6) is -1.77. The molecule has 0 aliphatic carbocycles. The predicted octanol–water partition coefficient (Wildman–Crippen LogP) is -0.905. The maximum absolute atomic E-state index is 11.9. The summed E-state index contributed by atoms with van der Waals surface area (Å²) in [6.45, 7) is 2.45. The molecule has 118 valence electrons. The molecule has 0 radical (unpaired) electrons.